The first kappa shape index (κ1) is 7.65. The first-order valence-corrected chi connectivity index (χ1v) is 4.55. The van der Waals surface area contributed by atoms with Crippen LogP contribution in [0.2, 0.25) is 0 Å². The van der Waals surface area contributed by atoms with Gasteiger partial charge in [0.25, 0.3) is 0 Å². The predicted molar refractivity (Wildman–Crippen MR) is 49.4 cm³/mol. The van der Waals surface area contributed by atoms with Crippen LogP contribution in [-0.4, -0.2) is 16.8 Å². The first-order valence-electron chi connectivity index (χ1n) is 4.55. The highest BCUT2D eigenvalue weighted by Crippen LogP contribution is 2.26. The van der Waals surface area contributed by atoms with Crippen molar-refractivity contribution in [3.8, 4) is 0 Å². The Hall–Kier alpha value is -0.990. The Morgan fingerprint density at radius 1 is 1.33 bits per heavy atom. The second kappa shape index (κ2) is 2.81. The fraction of sp³-hybridized carbons (Fsp3) is 0.667. The molecule has 1 aliphatic rings. The Balaban J connectivity index is 2.47. The fourth-order valence-electron chi connectivity index (χ4n) is 1.97. The number of hydrogen-bond donors (Lipinski definition) is 1. The molecule has 0 fully saturated rings. The lowest BCUT2D eigenvalue weighted by atomic mass is 9.97. The molecule has 2 rings (SSSR count). The molecule has 0 spiro atoms. The number of anilines is 1. The van der Waals surface area contributed by atoms with Gasteiger partial charge in [0.05, 0.1) is 0 Å². The van der Waals surface area contributed by atoms with Gasteiger partial charge in [0.2, 0.25) is 0 Å². The highest BCUT2D eigenvalue weighted by atomic mass is 15.3. The zero-order valence-electron chi connectivity index (χ0n) is 7.72. The van der Waals surface area contributed by atoms with Crippen LogP contribution in [0.1, 0.15) is 24.1 Å². The topological polar surface area (TPSA) is 29.9 Å². The largest absolute Gasteiger partial charge is 0.371 e. The van der Waals surface area contributed by atoms with Crippen molar-refractivity contribution < 1.29 is 0 Å². The minimum atomic E-state index is 1.08. The number of aryl methyl sites for hydroxylation is 1. The Morgan fingerprint density at radius 3 is 2.83 bits per heavy atom. The summed E-state index contributed by atoms with van der Waals surface area (Å²) in [4.78, 5) is 0. The van der Waals surface area contributed by atoms with E-state index in [2.05, 4.69) is 10.4 Å². The molecular formula is C9H15N3. The molecular weight excluding hydrogens is 150 g/mol. The molecule has 1 aliphatic carbocycles. The summed E-state index contributed by atoms with van der Waals surface area (Å²) in [5.41, 5.74) is 2.86. The van der Waals surface area contributed by atoms with E-state index in [4.69, 9.17) is 0 Å². The van der Waals surface area contributed by atoms with Crippen LogP contribution in [0.25, 0.3) is 0 Å². The van der Waals surface area contributed by atoms with E-state index in [0.29, 0.717) is 0 Å². The van der Waals surface area contributed by atoms with Crippen LogP contribution < -0.4 is 5.32 Å². The third-order valence-electron chi connectivity index (χ3n) is 2.60. The van der Waals surface area contributed by atoms with Gasteiger partial charge in [0, 0.05) is 25.4 Å². The van der Waals surface area contributed by atoms with Crippen molar-refractivity contribution in [2.45, 2.75) is 25.7 Å². The Bertz CT molecular complexity index is 288. The maximum Gasteiger partial charge on any atom is 0.151 e. The summed E-state index contributed by atoms with van der Waals surface area (Å²) in [6, 6.07) is 0. The van der Waals surface area contributed by atoms with Gasteiger partial charge in [-0.1, -0.05) is 0 Å². The molecule has 3 heteroatoms. The van der Waals surface area contributed by atoms with E-state index < -0.39 is 0 Å². The van der Waals surface area contributed by atoms with Gasteiger partial charge in [0.1, 0.15) is 0 Å². The van der Waals surface area contributed by atoms with E-state index in [1.165, 1.54) is 36.9 Å². The second-order valence-corrected chi connectivity index (χ2v) is 3.35. The molecule has 0 bridgehead atoms. The number of nitrogens with zero attached hydrogens (tertiary/aromatic N) is 2. The van der Waals surface area contributed by atoms with Crippen molar-refractivity contribution in [3.05, 3.63) is 11.3 Å². The van der Waals surface area contributed by atoms with Crippen molar-refractivity contribution in [2.75, 3.05) is 12.4 Å². The van der Waals surface area contributed by atoms with Crippen LogP contribution in [0.15, 0.2) is 0 Å². The molecule has 0 atom stereocenters. The molecule has 0 saturated heterocycles. The Labute approximate surface area is 72.8 Å². The molecule has 1 aromatic heterocycles. The normalized spacial score (nSPS) is 15.8. The molecule has 0 amide bonds. The molecule has 1 heterocycles. The lowest BCUT2D eigenvalue weighted by molar-refractivity contribution is 0.626. The van der Waals surface area contributed by atoms with E-state index in [0.717, 1.165) is 5.82 Å². The third-order valence-corrected chi connectivity index (χ3v) is 2.60. The molecule has 1 aromatic rings. The number of aromatic nitrogens is 2. The summed E-state index contributed by atoms with van der Waals surface area (Å²) in [5, 5.41) is 7.56. The van der Waals surface area contributed by atoms with Crippen molar-refractivity contribution in [2.24, 2.45) is 7.05 Å². The number of rotatable bonds is 1. The van der Waals surface area contributed by atoms with Gasteiger partial charge in [-0.05, 0) is 25.7 Å². The summed E-state index contributed by atoms with van der Waals surface area (Å²) < 4.78 is 2.01. The van der Waals surface area contributed by atoms with Crippen LogP contribution in [0.5, 0.6) is 0 Å². The number of hydrogen-bond acceptors (Lipinski definition) is 2. The summed E-state index contributed by atoms with van der Waals surface area (Å²) in [6.45, 7) is 0. The van der Waals surface area contributed by atoms with Gasteiger partial charge in [0.15, 0.2) is 5.82 Å². The van der Waals surface area contributed by atoms with Crippen molar-refractivity contribution in [1.82, 2.24) is 9.78 Å². The molecule has 0 saturated carbocycles. The lowest BCUT2D eigenvalue weighted by Crippen LogP contribution is -2.05. The maximum absolute atomic E-state index is 4.42. The summed E-state index contributed by atoms with van der Waals surface area (Å²) in [6.07, 6.45) is 5.02. The average Bonchev–Trinajstić information content (AvgIpc) is 2.44. The van der Waals surface area contributed by atoms with E-state index in [-0.39, 0.29) is 0 Å². The predicted octanol–water partition coefficient (Wildman–Crippen LogP) is 1.34. The van der Waals surface area contributed by atoms with Crippen LogP contribution >= 0.6 is 0 Å². The zero-order valence-corrected chi connectivity index (χ0v) is 7.72. The molecule has 12 heavy (non-hydrogen) atoms. The van der Waals surface area contributed by atoms with Crippen molar-refractivity contribution in [3.63, 3.8) is 0 Å². The SMILES string of the molecule is CNc1nn(C)c2c1CCCC2. The smallest absolute Gasteiger partial charge is 0.151 e. The molecule has 0 radical (unpaired) electrons. The van der Waals surface area contributed by atoms with Gasteiger partial charge in [-0.3, -0.25) is 4.68 Å². The number of fused-ring (bicyclic) bond motifs is 1. The Kier molecular flexibility index (Phi) is 1.79. The van der Waals surface area contributed by atoms with Crippen molar-refractivity contribution in [1.29, 1.82) is 0 Å². The van der Waals surface area contributed by atoms with E-state index >= 15 is 0 Å². The minimum absolute atomic E-state index is 1.08. The summed E-state index contributed by atoms with van der Waals surface area (Å²) in [7, 11) is 3.97. The average molecular weight is 165 g/mol. The van der Waals surface area contributed by atoms with Crippen LogP contribution in [0.4, 0.5) is 5.82 Å². The molecule has 3 nitrogen and oxygen atoms in total. The molecule has 0 aliphatic heterocycles. The van der Waals surface area contributed by atoms with Gasteiger partial charge in [-0.15, -0.1) is 0 Å². The summed E-state index contributed by atoms with van der Waals surface area (Å²) >= 11 is 0. The second-order valence-electron chi connectivity index (χ2n) is 3.35. The van der Waals surface area contributed by atoms with Gasteiger partial charge >= 0.3 is 0 Å². The van der Waals surface area contributed by atoms with Crippen LogP contribution in [0.3, 0.4) is 0 Å². The standard InChI is InChI=1S/C9H15N3/c1-10-9-7-5-3-4-6-8(7)12(2)11-9/h3-6H2,1-2H3,(H,10,11). The third kappa shape index (κ3) is 1.00. The van der Waals surface area contributed by atoms with Crippen molar-refractivity contribution >= 4 is 5.82 Å². The van der Waals surface area contributed by atoms with Crippen LogP contribution in [0, 0.1) is 0 Å². The van der Waals surface area contributed by atoms with E-state index in [1.807, 2.05) is 18.8 Å². The van der Waals surface area contributed by atoms with E-state index in [9.17, 15) is 0 Å². The minimum Gasteiger partial charge on any atom is -0.371 e. The van der Waals surface area contributed by atoms with E-state index in [1.54, 1.807) is 0 Å². The monoisotopic (exact) mass is 165 g/mol. The molecule has 66 valence electrons. The highest BCUT2D eigenvalue weighted by molar-refractivity contribution is 5.47. The molecule has 1 N–H and O–H groups in total. The highest BCUT2D eigenvalue weighted by Gasteiger charge is 2.17. The molecule has 0 aromatic carbocycles. The van der Waals surface area contributed by atoms with Gasteiger partial charge in [-0.25, -0.2) is 0 Å². The Morgan fingerprint density at radius 2 is 2.08 bits per heavy atom. The van der Waals surface area contributed by atoms with Gasteiger partial charge < -0.3 is 5.32 Å². The van der Waals surface area contributed by atoms with Crippen LogP contribution in [-0.2, 0) is 19.9 Å². The van der Waals surface area contributed by atoms with Gasteiger partial charge in [-0.2, -0.15) is 5.10 Å². The zero-order chi connectivity index (χ0) is 8.55. The lowest BCUT2D eigenvalue weighted by Gasteiger charge is -2.11. The maximum atomic E-state index is 4.42. The first-order chi connectivity index (χ1) is 5.83. The summed E-state index contributed by atoms with van der Waals surface area (Å²) in [5.74, 6) is 1.08. The quantitative estimate of drug-likeness (QED) is 0.680. The fourth-order valence-corrected chi connectivity index (χ4v) is 1.97. The number of nitrogens with one attached hydrogen (secondary N) is 1. The molecule has 0 unspecified atom stereocenters.